The van der Waals surface area contributed by atoms with Gasteiger partial charge in [-0.05, 0) is 32.9 Å². The smallest absolute Gasteiger partial charge is 0.410 e. The fraction of sp³-hybridized carbons (Fsp3) is 0.611. The van der Waals surface area contributed by atoms with Crippen molar-refractivity contribution in [2.45, 2.75) is 40.2 Å². The fourth-order valence-corrected chi connectivity index (χ4v) is 2.34. The summed E-state index contributed by atoms with van der Waals surface area (Å²) in [5, 5.41) is 0. The van der Waals surface area contributed by atoms with Gasteiger partial charge in [0.2, 0.25) is 5.95 Å². The summed E-state index contributed by atoms with van der Waals surface area (Å²) in [6.45, 7) is 11.2. The molecular weight excluding hydrogens is 341 g/mol. The molecule has 0 aliphatic carbocycles. The van der Waals surface area contributed by atoms with Crippen LogP contribution < -0.4 is 4.90 Å². The van der Waals surface area contributed by atoms with Gasteiger partial charge >= 0.3 is 12.1 Å². The molecule has 2 rings (SSSR count). The summed E-state index contributed by atoms with van der Waals surface area (Å²) in [7, 11) is 1.21. The van der Waals surface area contributed by atoms with E-state index in [-0.39, 0.29) is 11.8 Å². The second-order valence-corrected chi connectivity index (χ2v) is 6.45. The van der Waals surface area contributed by atoms with Crippen LogP contribution in [0, 0.1) is 5.95 Å². The number of piperazine rings is 1. The Labute approximate surface area is 154 Å². The van der Waals surface area contributed by atoms with E-state index in [9.17, 15) is 14.0 Å². The second kappa shape index (κ2) is 9.35. The molecule has 1 aromatic rings. The Hall–Kier alpha value is -2.38. The normalized spacial score (nSPS) is 14.3. The van der Waals surface area contributed by atoms with Crippen LogP contribution in [-0.4, -0.2) is 60.8 Å². The van der Waals surface area contributed by atoms with E-state index in [1.54, 1.807) is 9.80 Å². The number of hydrogen-bond donors (Lipinski definition) is 0. The number of pyridine rings is 1. The molecule has 0 radical (unpaired) electrons. The maximum absolute atomic E-state index is 14.1. The molecule has 1 aliphatic heterocycles. The Morgan fingerprint density at radius 3 is 2.15 bits per heavy atom. The van der Waals surface area contributed by atoms with E-state index < -0.39 is 17.5 Å². The van der Waals surface area contributed by atoms with Gasteiger partial charge in [0.1, 0.15) is 5.60 Å². The number of hydrogen-bond acceptors (Lipinski definition) is 6. The molecule has 1 aromatic heterocycles. The quantitative estimate of drug-likeness (QED) is 0.589. The first-order chi connectivity index (χ1) is 12.2. The minimum atomic E-state index is -0.733. The van der Waals surface area contributed by atoms with Crippen molar-refractivity contribution in [3.63, 3.8) is 0 Å². The van der Waals surface area contributed by atoms with Crippen molar-refractivity contribution in [2.75, 3.05) is 38.2 Å². The molecule has 1 fully saturated rings. The van der Waals surface area contributed by atoms with Gasteiger partial charge in [0, 0.05) is 26.2 Å². The highest BCUT2D eigenvalue weighted by Gasteiger charge is 2.27. The number of amides is 1. The molecule has 2 heterocycles. The summed E-state index contributed by atoms with van der Waals surface area (Å²) in [4.78, 5) is 30.4. The predicted molar refractivity (Wildman–Crippen MR) is 96.9 cm³/mol. The summed E-state index contributed by atoms with van der Waals surface area (Å²) >= 11 is 0. The van der Waals surface area contributed by atoms with E-state index in [2.05, 4.69) is 9.72 Å². The Morgan fingerprint density at radius 2 is 1.69 bits per heavy atom. The van der Waals surface area contributed by atoms with Gasteiger partial charge in [-0.1, -0.05) is 13.8 Å². The zero-order chi connectivity index (χ0) is 19.9. The van der Waals surface area contributed by atoms with Crippen molar-refractivity contribution >= 4 is 17.7 Å². The van der Waals surface area contributed by atoms with Crippen LogP contribution in [0.2, 0.25) is 0 Å². The molecule has 26 heavy (non-hydrogen) atoms. The number of halogens is 1. The van der Waals surface area contributed by atoms with E-state index >= 15 is 0 Å². The van der Waals surface area contributed by atoms with E-state index in [1.165, 1.54) is 19.2 Å². The van der Waals surface area contributed by atoms with Gasteiger partial charge in [-0.25, -0.2) is 14.6 Å². The van der Waals surface area contributed by atoms with Crippen molar-refractivity contribution in [1.82, 2.24) is 9.88 Å². The average molecular weight is 369 g/mol. The van der Waals surface area contributed by atoms with Gasteiger partial charge in [-0.2, -0.15) is 4.39 Å². The van der Waals surface area contributed by atoms with Crippen molar-refractivity contribution in [3.05, 3.63) is 23.8 Å². The third-order valence-electron chi connectivity index (χ3n) is 3.50. The highest BCUT2D eigenvalue weighted by molar-refractivity contribution is 5.87. The van der Waals surface area contributed by atoms with Gasteiger partial charge in [0.25, 0.3) is 0 Å². The van der Waals surface area contributed by atoms with E-state index in [0.717, 1.165) is 0 Å². The number of aromatic nitrogens is 1. The minimum absolute atomic E-state index is 0.0776. The number of esters is 1. The van der Waals surface area contributed by atoms with Gasteiger partial charge in [0.05, 0.1) is 12.8 Å². The number of anilines is 1. The van der Waals surface area contributed by atoms with Crippen LogP contribution in [0.3, 0.4) is 0 Å². The lowest BCUT2D eigenvalue weighted by Crippen LogP contribution is -2.50. The molecule has 0 aromatic carbocycles. The second-order valence-electron chi connectivity index (χ2n) is 6.45. The molecule has 0 N–H and O–H groups in total. The summed E-state index contributed by atoms with van der Waals surface area (Å²) in [6, 6.07) is 2.92. The molecule has 0 saturated carbocycles. The molecule has 146 valence electrons. The van der Waals surface area contributed by atoms with Gasteiger partial charge in [-0.3, -0.25) is 0 Å². The standard InChI is InChI=1S/C16H22FN3O4.C2H6/c1-16(2,3)24-15(22)20-9-7-19(8-10-20)12-6-5-11(14(21)23-4)18-13(12)17;1-2/h5-6H,7-10H2,1-4H3;1-2H3. The zero-order valence-electron chi connectivity index (χ0n) is 16.3. The number of rotatable bonds is 2. The third kappa shape index (κ3) is 5.86. The molecule has 1 amide bonds. The molecular formula is C18H28FN3O4. The topological polar surface area (TPSA) is 72.0 Å². The van der Waals surface area contributed by atoms with Crippen LogP contribution in [0.25, 0.3) is 0 Å². The molecule has 7 nitrogen and oxygen atoms in total. The summed E-state index contributed by atoms with van der Waals surface area (Å²) in [5.41, 5.74) is -0.328. The number of carbonyl (C=O) groups is 2. The van der Waals surface area contributed by atoms with Crippen LogP contribution in [0.5, 0.6) is 0 Å². The third-order valence-corrected chi connectivity index (χ3v) is 3.50. The summed E-state index contributed by atoms with van der Waals surface area (Å²) in [5.74, 6) is -1.42. The Bertz CT molecular complexity index is 623. The Kier molecular flexibility index (Phi) is 7.79. The number of nitrogens with zero attached hydrogens (tertiary/aromatic N) is 3. The summed E-state index contributed by atoms with van der Waals surface area (Å²) in [6.07, 6.45) is -0.373. The highest BCUT2D eigenvalue weighted by Crippen LogP contribution is 2.21. The van der Waals surface area contributed by atoms with Gasteiger partial charge in [0.15, 0.2) is 5.69 Å². The SMILES string of the molecule is CC.COC(=O)c1ccc(N2CCN(C(=O)OC(C)(C)C)CC2)c(F)n1. The van der Waals surface area contributed by atoms with Crippen LogP contribution in [-0.2, 0) is 9.47 Å². The first kappa shape index (κ1) is 21.7. The molecule has 0 bridgehead atoms. The molecule has 1 aliphatic rings. The average Bonchev–Trinajstić information content (AvgIpc) is 2.61. The van der Waals surface area contributed by atoms with Crippen LogP contribution in [0.1, 0.15) is 45.1 Å². The molecule has 0 spiro atoms. The number of carbonyl (C=O) groups excluding carboxylic acids is 2. The van der Waals surface area contributed by atoms with E-state index in [0.29, 0.717) is 31.9 Å². The number of ether oxygens (including phenoxy) is 2. The minimum Gasteiger partial charge on any atom is -0.464 e. The molecule has 0 unspecified atom stereocenters. The van der Waals surface area contributed by atoms with Gasteiger partial charge < -0.3 is 19.3 Å². The van der Waals surface area contributed by atoms with Crippen LogP contribution in [0.15, 0.2) is 12.1 Å². The fourth-order valence-electron chi connectivity index (χ4n) is 2.34. The Balaban J connectivity index is 0.00000163. The maximum Gasteiger partial charge on any atom is 0.410 e. The molecule has 8 heteroatoms. The lowest BCUT2D eigenvalue weighted by Gasteiger charge is -2.36. The van der Waals surface area contributed by atoms with Gasteiger partial charge in [-0.15, -0.1) is 0 Å². The predicted octanol–water partition coefficient (Wildman–Crippen LogP) is 3.09. The number of methoxy groups -OCH3 is 1. The Morgan fingerprint density at radius 1 is 1.12 bits per heavy atom. The monoisotopic (exact) mass is 369 g/mol. The lowest BCUT2D eigenvalue weighted by atomic mass is 10.2. The van der Waals surface area contributed by atoms with Crippen molar-refractivity contribution in [2.24, 2.45) is 0 Å². The van der Waals surface area contributed by atoms with Crippen molar-refractivity contribution in [1.29, 1.82) is 0 Å². The van der Waals surface area contributed by atoms with E-state index in [4.69, 9.17) is 4.74 Å². The largest absolute Gasteiger partial charge is 0.464 e. The van der Waals surface area contributed by atoms with Crippen LogP contribution >= 0.6 is 0 Å². The maximum atomic E-state index is 14.1. The summed E-state index contributed by atoms with van der Waals surface area (Å²) < 4.78 is 24.0. The highest BCUT2D eigenvalue weighted by atomic mass is 19.1. The first-order valence-electron chi connectivity index (χ1n) is 8.69. The first-order valence-corrected chi connectivity index (χ1v) is 8.69. The zero-order valence-corrected chi connectivity index (χ0v) is 16.3. The van der Waals surface area contributed by atoms with E-state index in [1.807, 2.05) is 34.6 Å². The lowest BCUT2D eigenvalue weighted by molar-refractivity contribution is 0.0240. The molecule has 1 saturated heterocycles. The molecule has 0 atom stereocenters. The van der Waals surface area contributed by atoms with Crippen molar-refractivity contribution < 1.29 is 23.5 Å². The van der Waals surface area contributed by atoms with Crippen molar-refractivity contribution in [3.8, 4) is 0 Å². The van der Waals surface area contributed by atoms with Crippen LogP contribution in [0.4, 0.5) is 14.9 Å².